The predicted octanol–water partition coefficient (Wildman–Crippen LogP) is 4.49. The van der Waals surface area contributed by atoms with E-state index in [1.807, 2.05) is 20.8 Å². The summed E-state index contributed by atoms with van der Waals surface area (Å²) >= 11 is 5.43. The van der Waals surface area contributed by atoms with Crippen molar-refractivity contribution >= 4 is 40.6 Å². The summed E-state index contributed by atoms with van der Waals surface area (Å²) in [5.74, 6) is -0.680. The molecule has 0 bridgehead atoms. The lowest BCUT2D eigenvalue weighted by Crippen LogP contribution is -2.46. The number of anilines is 1. The van der Waals surface area contributed by atoms with Crippen LogP contribution in [-0.2, 0) is 9.53 Å². The monoisotopic (exact) mass is 496 g/mol. The van der Waals surface area contributed by atoms with Crippen molar-refractivity contribution in [1.29, 1.82) is 0 Å². The zero-order chi connectivity index (χ0) is 25.9. The second kappa shape index (κ2) is 10.6. The standard InChI is InChI=1S/C25H28N4O5S/c1-14(2)13-34-24(31)21-16(4)28(5)25(35)27-22(21)17-8-10-19(11-9-17)26-23(30)18-7-6-15(3)20(12-18)29(32)33/h6-12,14,22H,13H2,1-5H3,(H,26,30)(H,27,35). The van der Waals surface area contributed by atoms with Crippen molar-refractivity contribution in [2.45, 2.75) is 33.7 Å². The number of hydrogen-bond acceptors (Lipinski definition) is 6. The summed E-state index contributed by atoms with van der Waals surface area (Å²) in [5.41, 5.74) is 2.98. The van der Waals surface area contributed by atoms with E-state index in [1.54, 1.807) is 49.2 Å². The number of amides is 1. The molecule has 1 atom stereocenters. The fourth-order valence-electron chi connectivity index (χ4n) is 3.58. The SMILES string of the molecule is CC1=C(C(=O)OCC(C)C)C(c2ccc(NC(=O)c3ccc(C)c([N+](=O)[O-])c3)cc2)NC(=S)N1C. The third-order valence-electron chi connectivity index (χ3n) is 5.69. The van der Waals surface area contributed by atoms with Crippen molar-refractivity contribution in [3.8, 4) is 0 Å². The van der Waals surface area contributed by atoms with E-state index < -0.39 is 22.8 Å². The van der Waals surface area contributed by atoms with Crippen LogP contribution in [0.5, 0.6) is 0 Å². The van der Waals surface area contributed by atoms with Gasteiger partial charge >= 0.3 is 5.97 Å². The number of rotatable bonds is 7. The van der Waals surface area contributed by atoms with Gasteiger partial charge in [-0.05, 0) is 55.7 Å². The van der Waals surface area contributed by atoms with Gasteiger partial charge in [0.15, 0.2) is 5.11 Å². The number of thiocarbonyl (C=S) groups is 1. The first-order chi connectivity index (χ1) is 16.5. The van der Waals surface area contributed by atoms with E-state index in [1.165, 1.54) is 12.1 Å². The Labute approximate surface area is 209 Å². The minimum atomic E-state index is -0.515. The molecular formula is C25H28N4O5S. The average Bonchev–Trinajstić information content (AvgIpc) is 2.81. The Kier molecular flexibility index (Phi) is 7.85. The molecule has 1 heterocycles. The van der Waals surface area contributed by atoms with Crippen molar-refractivity contribution in [2.75, 3.05) is 19.0 Å². The Hall–Kier alpha value is -3.79. The van der Waals surface area contributed by atoms with Crippen molar-refractivity contribution in [2.24, 2.45) is 5.92 Å². The highest BCUT2D eigenvalue weighted by Crippen LogP contribution is 2.31. The third kappa shape index (κ3) is 5.83. The van der Waals surface area contributed by atoms with Crippen molar-refractivity contribution in [3.63, 3.8) is 0 Å². The fraction of sp³-hybridized carbons (Fsp3) is 0.320. The van der Waals surface area contributed by atoms with Crippen LogP contribution in [0.15, 0.2) is 53.7 Å². The van der Waals surface area contributed by atoms with Crippen LogP contribution in [0.25, 0.3) is 0 Å². The molecule has 2 N–H and O–H groups in total. The Morgan fingerprint density at radius 1 is 1.20 bits per heavy atom. The Bertz CT molecular complexity index is 1210. The van der Waals surface area contributed by atoms with Crippen molar-refractivity contribution < 1.29 is 19.2 Å². The minimum absolute atomic E-state index is 0.114. The Morgan fingerprint density at radius 3 is 2.46 bits per heavy atom. The minimum Gasteiger partial charge on any atom is -0.462 e. The molecule has 0 aromatic heterocycles. The number of carbonyl (C=O) groups is 2. The van der Waals surface area contributed by atoms with E-state index in [4.69, 9.17) is 17.0 Å². The quantitative estimate of drug-likeness (QED) is 0.249. The molecule has 35 heavy (non-hydrogen) atoms. The highest BCUT2D eigenvalue weighted by atomic mass is 32.1. The number of esters is 1. The van der Waals surface area contributed by atoms with Gasteiger partial charge in [0.2, 0.25) is 0 Å². The van der Waals surface area contributed by atoms with Crippen LogP contribution >= 0.6 is 12.2 Å². The lowest BCUT2D eigenvalue weighted by atomic mass is 9.95. The number of nitrogens with zero attached hydrogens (tertiary/aromatic N) is 2. The first-order valence-electron chi connectivity index (χ1n) is 11.1. The second-order valence-corrected chi connectivity index (χ2v) is 9.15. The molecule has 0 spiro atoms. The molecule has 0 saturated carbocycles. The molecule has 1 unspecified atom stereocenters. The van der Waals surface area contributed by atoms with Crippen LogP contribution in [0, 0.1) is 23.0 Å². The molecule has 0 fully saturated rings. The third-order valence-corrected chi connectivity index (χ3v) is 6.08. The second-order valence-electron chi connectivity index (χ2n) is 8.77. The zero-order valence-electron chi connectivity index (χ0n) is 20.2. The molecule has 0 saturated heterocycles. The van der Waals surface area contributed by atoms with Crippen LogP contribution < -0.4 is 10.6 Å². The van der Waals surface area contributed by atoms with E-state index in [-0.39, 0.29) is 17.2 Å². The smallest absolute Gasteiger partial charge is 0.338 e. The predicted molar refractivity (Wildman–Crippen MR) is 137 cm³/mol. The van der Waals surface area contributed by atoms with Gasteiger partial charge in [-0.15, -0.1) is 0 Å². The Balaban J connectivity index is 1.83. The fourth-order valence-corrected chi connectivity index (χ4v) is 3.83. The van der Waals surface area contributed by atoms with E-state index in [2.05, 4.69) is 10.6 Å². The summed E-state index contributed by atoms with van der Waals surface area (Å²) in [6, 6.07) is 10.8. The average molecular weight is 497 g/mol. The highest BCUT2D eigenvalue weighted by molar-refractivity contribution is 7.80. The maximum Gasteiger partial charge on any atom is 0.338 e. The first kappa shape index (κ1) is 25.8. The lowest BCUT2D eigenvalue weighted by Gasteiger charge is -2.35. The summed E-state index contributed by atoms with van der Waals surface area (Å²) in [7, 11) is 1.78. The summed E-state index contributed by atoms with van der Waals surface area (Å²) in [4.78, 5) is 38.0. The van der Waals surface area contributed by atoms with Crippen LogP contribution in [-0.4, -0.2) is 40.5 Å². The molecular weight excluding hydrogens is 468 g/mol. The van der Waals surface area contributed by atoms with Gasteiger partial charge in [0.25, 0.3) is 11.6 Å². The van der Waals surface area contributed by atoms with Crippen LogP contribution in [0.3, 0.4) is 0 Å². The first-order valence-corrected chi connectivity index (χ1v) is 11.5. The molecule has 1 aliphatic rings. The molecule has 1 aliphatic heterocycles. The number of nitro benzene ring substituents is 1. The summed E-state index contributed by atoms with van der Waals surface area (Å²) in [6.45, 7) is 7.67. The van der Waals surface area contributed by atoms with Gasteiger partial charge in [-0.1, -0.05) is 32.0 Å². The molecule has 184 valence electrons. The molecule has 0 aliphatic carbocycles. The summed E-state index contributed by atoms with van der Waals surface area (Å²) < 4.78 is 5.50. The van der Waals surface area contributed by atoms with Gasteiger partial charge in [-0.2, -0.15) is 0 Å². The molecule has 1 amide bonds. The Morgan fingerprint density at radius 2 is 1.86 bits per heavy atom. The van der Waals surface area contributed by atoms with E-state index >= 15 is 0 Å². The lowest BCUT2D eigenvalue weighted by molar-refractivity contribution is -0.385. The molecule has 2 aromatic carbocycles. The van der Waals surface area contributed by atoms with Crippen molar-refractivity contribution in [1.82, 2.24) is 10.2 Å². The number of nitrogens with one attached hydrogen (secondary N) is 2. The number of ether oxygens (including phenoxy) is 1. The number of aryl methyl sites for hydroxylation is 1. The van der Waals surface area contributed by atoms with Crippen LogP contribution in [0.4, 0.5) is 11.4 Å². The normalized spacial score (nSPS) is 15.7. The molecule has 10 heteroatoms. The van der Waals surface area contributed by atoms with Gasteiger partial charge in [0, 0.05) is 35.6 Å². The van der Waals surface area contributed by atoms with Crippen LogP contribution in [0.1, 0.15) is 48.3 Å². The highest BCUT2D eigenvalue weighted by Gasteiger charge is 2.33. The molecule has 2 aromatic rings. The van der Waals surface area contributed by atoms with Gasteiger partial charge in [-0.25, -0.2) is 4.79 Å². The number of carbonyl (C=O) groups excluding carboxylic acids is 2. The molecule has 3 rings (SSSR count). The number of allylic oxidation sites excluding steroid dienone is 1. The van der Waals surface area contributed by atoms with E-state index in [9.17, 15) is 19.7 Å². The summed E-state index contributed by atoms with van der Waals surface area (Å²) in [5, 5.41) is 17.6. The molecule has 9 nitrogen and oxygen atoms in total. The van der Waals surface area contributed by atoms with Gasteiger partial charge in [0.1, 0.15) is 0 Å². The van der Waals surface area contributed by atoms with Crippen molar-refractivity contribution in [3.05, 3.63) is 80.5 Å². The number of benzene rings is 2. The molecule has 0 radical (unpaired) electrons. The van der Waals surface area contributed by atoms with Gasteiger partial charge in [0.05, 0.1) is 23.1 Å². The number of hydrogen-bond donors (Lipinski definition) is 2. The maximum absolute atomic E-state index is 12.9. The van der Waals surface area contributed by atoms with E-state index in [0.717, 1.165) is 5.56 Å². The largest absolute Gasteiger partial charge is 0.462 e. The number of nitro groups is 1. The topological polar surface area (TPSA) is 114 Å². The zero-order valence-corrected chi connectivity index (χ0v) is 21.1. The van der Waals surface area contributed by atoms with Crippen LogP contribution in [0.2, 0.25) is 0 Å². The summed E-state index contributed by atoms with van der Waals surface area (Å²) in [6.07, 6.45) is 0. The van der Waals surface area contributed by atoms with Gasteiger partial charge < -0.3 is 20.3 Å². The maximum atomic E-state index is 12.9. The van der Waals surface area contributed by atoms with Gasteiger partial charge in [-0.3, -0.25) is 14.9 Å². The van der Waals surface area contributed by atoms with E-state index in [0.29, 0.717) is 34.2 Å².